The van der Waals surface area contributed by atoms with Gasteiger partial charge in [-0.05, 0) is 23.3 Å². The Morgan fingerprint density at radius 1 is 1.55 bits per heavy atom. The Morgan fingerprint density at radius 3 is 3.10 bits per heavy atom. The van der Waals surface area contributed by atoms with E-state index in [0.29, 0.717) is 6.04 Å². The standard InChI is InChI=1S/C15H22N4S/c1-15(2)10-19(6-5-13(15)16)9-11-8-17-18-14(11)12-4-3-7-20-12/h3-4,7-8,13H,5-6,9-10,16H2,1-2H3,(H,17,18). The van der Waals surface area contributed by atoms with E-state index < -0.39 is 0 Å². The van der Waals surface area contributed by atoms with Gasteiger partial charge in [0, 0.05) is 31.2 Å². The minimum Gasteiger partial charge on any atom is -0.327 e. The molecular formula is C15H22N4S. The van der Waals surface area contributed by atoms with Crippen molar-refractivity contribution in [2.24, 2.45) is 11.1 Å². The summed E-state index contributed by atoms with van der Waals surface area (Å²) in [6.45, 7) is 7.58. The van der Waals surface area contributed by atoms with Crippen LogP contribution in [0.15, 0.2) is 23.7 Å². The van der Waals surface area contributed by atoms with Gasteiger partial charge in [-0.15, -0.1) is 11.3 Å². The SMILES string of the molecule is CC1(C)CN(Cc2cn[nH]c2-c2cccs2)CCC1N. The molecule has 0 aliphatic carbocycles. The monoisotopic (exact) mass is 290 g/mol. The van der Waals surface area contributed by atoms with Crippen molar-refractivity contribution in [3.05, 3.63) is 29.3 Å². The fourth-order valence-electron chi connectivity index (χ4n) is 2.93. The van der Waals surface area contributed by atoms with Crippen molar-refractivity contribution in [2.45, 2.75) is 32.9 Å². The highest BCUT2D eigenvalue weighted by Gasteiger charge is 2.33. The molecular weight excluding hydrogens is 268 g/mol. The number of nitrogens with two attached hydrogens (primary N) is 1. The predicted molar refractivity (Wildman–Crippen MR) is 83.6 cm³/mol. The van der Waals surface area contributed by atoms with Crippen LogP contribution < -0.4 is 5.73 Å². The third-order valence-electron chi connectivity index (χ3n) is 4.27. The minimum atomic E-state index is 0.186. The number of aromatic amines is 1. The number of rotatable bonds is 3. The average molecular weight is 290 g/mol. The normalized spacial score (nSPS) is 23.1. The number of aromatic nitrogens is 2. The Morgan fingerprint density at radius 2 is 2.40 bits per heavy atom. The van der Waals surface area contributed by atoms with Gasteiger partial charge in [0.25, 0.3) is 0 Å². The van der Waals surface area contributed by atoms with Crippen molar-refractivity contribution in [3.63, 3.8) is 0 Å². The third-order valence-corrected chi connectivity index (χ3v) is 5.16. The van der Waals surface area contributed by atoms with Crippen molar-refractivity contribution < 1.29 is 0 Å². The summed E-state index contributed by atoms with van der Waals surface area (Å²) in [5, 5.41) is 9.46. The average Bonchev–Trinajstić information content (AvgIpc) is 3.03. The van der Waals surface area contributed by atoms with E-state index in [-0.39, 0.29) is 5.41 Å². The lowest BCUT2D eigenvalue weighted by atomic mass is 9.79. The molecule has 1 fully saturated rings. The molecule has 1 saturated heterocycles. The van der Waals surface area contributed by atoms with Gasteiger partial charge in [-0.3, -0.25) is 10.00 Å². The lowest BCUT2D eigenvalue weighted by Crippen LogP contribution is -2.52. The highest BCUT2D eigenvalue weighted by Crippen LogP contribution is 2.31. The van der Waals surface area contributed by atoms with Gasteiger partial charge in [0.1, 0.15) is 0 Å². The van der Waals surface area contributed by atoms with Crippen LogP contribution in [-0.2, 0) is 6.54 Å². The molecule has 108 valence electrons. The van der Waals surface area contributed by atoms with Crippen molar-refractivity contribution in [2.75, 3.05) is 13.1 Å². The van der Waals surface area contributed by atoms with Gasteiger partial charge >= 0.3 is 0 Å². The van der Waals surface area contributed by atoms with Crippen LogP contribution in [0.4, 0.5) is 0 Å². The van der Waals surface area contributed by atoms with Gasteiger partial charge in [0.2, 0.25) is 0 Å². The lowest BCUT2D eigenvalue weighted by molar-refractivity contribution is 0.0900. The van der Waals surface area contributed by atoms with Gasteiger partial charge in [-0.25, -0.2) is 0 Å². The van der Waals surface area contributed by atoms with E-state index in [2.05, 4.69) is 46.5 Å². The first-order valence-corrected chi connectivity index (χ1v) is 7.98. The van der Waals surface area contributed by atoms with E-state index in [9.17, 15) is 0 Å². The molecule has 3 N–H and O–H groups in total. The highest BCUT2D eigenvalue weighted by atomic mass is 32.1. The summed E-state index contributed by atoms with van der Waals surface area (Å²) < 4.78 is 0. The molecule has 3 rings (SSSR count). The summed E-state index contributed by atoms with van der Waals surface area (Å²) in [4.78, 5) is 3.75. The van der Waals surface area contributed by atoms with Crippen molar-refractivity contribution in [1.29, 1.82) is 0 Å². The summed E-state index contributed by atoms with van der Waals surface area (Å²) in [7, 11) is 0. The van der Waals surface area contributed by atoms with E-state index in [1.165, 1.54) is 10.4 Å². The molecule has 2 aromatic heterocycles. The maximum Gasteiger partial charge on any atom is 0.0794 e. The molecule has 0 aromatic carbocycles. The number of piperidine rings is 1. The first-order valence-electron chi connectivity index (χ1n) is 7.10. The van der Waals surface area contributed by atoms with E-state index in [0.717, 1.165) is 31.7 Å². The summed E-state index contributed by atoms with van der Waals surface area (Å²) >= 11 is 1.75. The third kappa shape index (κ3) is 2.66. The van der Waals surface area contributed by atoms with Crippen LogP contribution in [-0.4, -0.2) is 34.2 Å². The molecule has 0 spiro atoms. The number of nitrogens with one attached hydrogen (secondary N) is 1. The second-order valence-electron chi connectivity index (χ2n) is 6.34. The number of hydrogen-bond donors (Lipinski definition) is 2. The maximum absolute atomic E-state index is 6.21. The Balaban J connectivity index is 1.75. The number of H-pyrrole nitrogens is 1. The van der Waals surface area contributed by atoms with Crippen LogP contribution in [0.1, 0.15) is 25.8 Å². The summed E-state index contributed by atoms with van der Waals surface area (Å²) in [5.74, 6) is 0. The van der Waals surface area contributed by atoms with Crippen molar-refractivity contribution in [1.82, 2.24) is 15.1 Å². The largest absolute Gasteiger partial charge is 0.327 e. The quantitative estimate of drug-likeness (QED) is 0.914. The smallest absolute Gasteiger partial charge is 0.0794 e. The molecule has 5 heteroatoms. The van der Waals surface area contributed by atoms with Gasteiger partial charge in [-0.1, -0.05) is 19.9 Å². The lowest BCUT2D eigenvalue weighted by Gasteiger charge is -2.42. The zero-order valence-electron chi connectivity index (χ0n) is 12.1. The van der Waals surface area contributed by atoms with Gasteiger partial charge in [0.05, 0.1) is 16.8 Å². The van der Waals surface area contributed by atoms with Gasteiger partial charge in [-0.2, -0.15) is 5.10 Å². The van der Waals surface area contributed by atoms with Crippen LogP contribution in [0.3, 0.4) is 0 Å². The molecule has 0 amide bonds. The Hall–Kier alpha value is -1.17. The second-order valence-corrected chi connectivity index (χ2v) is 7.29. The molecule has 1 aliphatic rings. The molecule has 1 atom stereocenters. The molecule has 1 unspecified atom stereocenters. The summed E-state index contributed by atoms with van der Waals surface area (Å²) in [6.07, 6.45) is 3.02. The Labute approximate surface area is 124 Å². The first-order chi connectivity index (χ1) is 9.56. The molecule has 1 aliphatic heterocycles. The molecule has 3 heterocycles. The first kappa shape index (κ1) is 13.8. The topological polar surface area (TPSA) is 57.9 Å². The van der Waals surface area contributed by atoms with Gasteiger partial charge < -0.3 is 5.73 Å². The molecule has 20 heavy (non-hydrogen) atoms. The van der Waals surface area contributed by atoms with E-state index in [4.69, 9.17) is 5.73 Å². The fourth-order valence-corrected chi connectivity index (χ4v) is 3.68. The van der Waals surface area contributed by atoms with E-state index in [1.807, 2.05) is 6.20 Å². The summed E-state index contributed by atoms with van der Waals surface area (Å²) in [6, 6.07) is 4.52. The molecule has 2 aromatic rings. The maximum atomic E-state index is 6.21. The van der Waals surface area contributed by atoms with Crippen molar-refractivity contribution in [3.8, 4) is 10.6 Å². The molecule has 0 radical (unpaired) electrons. The molecule has 4 nitrogen and oxygen atoms in total. The van der Waals surface area contributed by atoms with Crippen LogP contribution in [0.5, 0.6) is 0 Å². The van der Waals surface area contributed by atoms with Crippen LogP contribution in [0, 0.1) is 5.41 Å². The van der Waals surface area contributed by atoms with E-state index >= 15 is 0 Å². The van der Waals surface area contributed by atoms with E-state index in [1.54, 1.807) is 11.3 Å². The zero-order valence-corrected chi connectivity index (χ0v) is 12.9. The number of likely N-dealkylation sites (tertiary alicyclic amines) is 1. The van der Waals surface area contributed by atoms with Gasteiger partial charge in [0.15, 0.2) is 0 Å². The fraction of sp³-hybridized carbons (Fsp3) is 0.533. The van der Waals surface area contributed by atoms with Crippen LogP contribution >= 0.6 is 11.3 Å². The zero-order chi connectivity index (χ0) is 14.2. The summed E-state index contributed by atoms with van der Waals surface area (Å²) in [5.41, 5.74) is 8.83. The highest BCUT2D eigenvalue weighted by molar-refractivity contribution is 7.13. The van der Waals surface area contributed by atoms with Crippen molar-refractivity contribution >= 4 is 11.3 Å². The van der Waals surface area contributed by atoms with Crippen LogP contribution in [0.2, 0.25) is 0 Å². The Kier molecular flexibility index (Phi) is 3.67. The number of hydrogen-bond acceptors (Lipinski definition) is 4. The predicted octanol–water partition coefficient (Wildman–Crippen LogP) is 2.70. The Bertz CT molecular complexity index is 558. The number of thiophene rings is 1. The molecule has 0 saturated carbocycles. The number of nitrogens with zero attached hydrogens (tertiary/aromatic N) is 2. The van der Waals surface area contributed by atoms with Crippen LogP contribution in [0.25, 0.3) is 10.6 Å². The minimum absolute atomic E-state index is 0.186. The second kappa shape index (κ2) is 5.31. The molecule has 0 bridgehead atoms.